The van der Waals surface area contributed by atoms with Gasteiger partial charge in [0.1, 0.15) is 41.0 Å². The van der Waals surface area contributed by atoms with Crippen LogP contribution in [0.25, 0.3) is 11.1 Å². The second-order valence-corrected chi connectivity index (χ2v) is 29.3. The molecule has 1 saturated heterocycles. The molecule has 0 saturated carbocycles. The zero-order chi connectivity index (χ0) is 70.8. The molecule has 6 aromatic heterocycles. The number of amides is 2. The maximum Gasteiger partial charge on any atom is 0.496 e. The Morgan fingerprint density at radius 3 is 1.59 bits per heavy atom. The number of carbonyl (C=O) groups excluding carboxylic acids is 3. The molecule has 1 fully saturated rings. The minimum absolute atomic E-state index is 0.0211. The van der Waals surface area contributed by atoms with E-state index in [1.807, 2.05) is 111 Å². The maximum absolute atomic E-state index is 13.9. The molecular formula is C77H96BBrN12O8. The lowest BCUT2D eigenvalue weighted by atomic mass is 9.80. The summed E-state index contributed by atoms with van der Waals surface area (Å²) in [5.74, 6) is 1.00. The van der Waals surface area contributed by atoms with Crippen molar-refractivity contribution < 1.29 is 28.4 Å². The van der Waals surface area contributed by atoms with E-state index in [9.17, 15) is 24.0 Å². The number of halogens is 1. The van der Waals surface area contributed by atoms with E-state index in [1.54, 1.807) is 30.9 Å². The largest absolute Gasteiger partial charge is 0.496 e. The van der Waals surface area contributed by atoms with Crippen molar-refractivity contribution in [3.05, 3.63) is 191 Å². The Kier molecular flexibility index (Phi) is 21.9. The highest BCUT2D eigenvalue weighted by molar-refractivity contribution is 9.10. The number of hydrogen-bond donors (Lipinski definition) is 2. The third-order valence-electron chi connectivity index (χ3n) is 20.5. The van der Waals surface area contributed by atoms with Crippen molar-refractivity contribution in [2.75, 3.05) is 47.6 Å². The van der Waals surface area contributed by atoms with E-state index in [2.05, 4.69) is 128 Å². The predicted octanol–water partition coefficient (Wildman–Crippen LogP) is 12.5. The van der Waals surface area contributed by atoms with Crippen LogP contribution in [-0.2, 0) is 97.8 Å². The van der Waals surface area contributed by atoms with E-state index in [-0.39, 0.29) is 35.5 Å². The van der Waals surface area contributed by atoms with Gasteiger partial charge in [-0.15, -0.1) is 0 Å². The fourth-order valence-corrected chi connectivity index (χ4v) is 14.1. The monoisotopic (exact) mass is 1410 g/mol. The van der Waals surface area contributed by atoms with Crippen LogP contribution in [0, 0.1) is 0 Å². The van der Waals surface area contributed by atoms with Gasteiger partial charge >= 0.3 is 13.1 Å². The van der Waals surface area contributed by atoms with Crippen molar-refractivity contribution in [1.82, 2.24) is 38.0 Å². The van der Waals surface area contributed by atoms with Crippen LogP contribution in [0.1, 0.15) is 161 Å². The minimum Gasteiger partial charge on any atom is -0.461 e. The Bertz CT molecular complexity index is 4400. The minimum atomic E-state index is -0.538. The second kappa shape index (κ2) is 30.2. The van der Waals surface area contributed by atoms with Gasteiger partial charge in [0.2, 0.25) is 0 Å². The highest BCUT2D eigenvalue weighted by Crippen LogP contribution is 2.39. The van der Waals surface area contributed by atoms with Crippen LogP contribution in [0.2, 0.25) is 0 Å². The number of nitrogens with zero attached hydrogens (tertiary/aromatic N) is 10. The number of aryl methyl sites for hydroxylation is 4. The molecule has 5 aliphatic rings. The van der Waals surface area contributed by atoms with Crippen molar-refractivity contribution in [3.63, 3.8) is 0 Å². The van der Waals surface area contributed by atoms with Gasteiger partial charge in [0.15, 0.2) is 0 Å². The zero-order valence-electron chi connectivity index (χ0n) is 60.1. The van der Waals surface area contributed by atoms with Crippen LogP contribution in [-0.4, -0.2) is 113 Å². The summed E-state index contributed by atoms with van der Waals surface area (Å²) >= 11 is 3.53. The molecule has 2 N–H and O–H groups in total. The summed E-state index contributed by atoms with van der Waals surface area (Å²) in [6, 6.07) is 28.6. The molecule has 13 rings (SSSR count). The number of benzene rings is 2. The smallest absolute Gasteiger partial charge is 0.461 e. The molecule has 22 heteroatoms. The molecular weight excluding hydrogens is 1310 g/mol. The number of esters is 1. The molecule has 2 aromatic carbocycles. The van der Waals surface area contributed by atoms with Crippen molar-refractivity contribution in [1.29, 1.82) is 0 Å². The Hall–Kier alpha value is -8.41. The van der Waals surface area contributed by atoms with Crippen molar-refractivity contribution in [3.8, 4) is 11.1 Å². The van der Waals surface area contributed by atoms with Gasteiger partial charge in [-0.25, -0.2) is 9.97 Å². The quantitative estimate of drug-likeness (QED) is 0.0645. The lowest BCUT2D eigenvalue weighted by molar-refractivity contribution is -0.142. The Balaban J connectivity index is 0.000000156. The number of hydrogen-bond acceptors (Lipinski definition) is 14. The van der Waals surface area contributed by atoms with Crippen LogP contribution >= 0.6 is 15.9 Å². The average molecular weight is 1410 g/mol. The summed E-state index contributed by atoms with van der Waals surface area (Å²) < 4.78 is 25.9. The second-order valence-electron chi connectivity index (χ2n) is 28.4. The Morgan fingerprint density at radius 2 is 1.11 bits per heavy atom. The number of nitrogens with one attached hydrogen (secondary N) is 2. The molecule has 3 aliphatic heterocycles. The third-order valence-corrected chi connectivity index (χ3v) is 21.2. The molecule has 9 heterocycles. The first-order valence-electron chi connectivity index (χ1n) is 34.9. The molecule has 0 unspecified atom stereocenters. The Labute approximate surface area is 591 Å². The molecule has 0 atom stereocenters. The molecule has 8 aromatic rings. The normalized spacial score (nSPS) is 16.1. The summed E-state index contributed by atoms with van der Waals surface area (Å²) in [6.45, 7) is 24.9. The molecule has 0 bridgehead atoms. The molecule has 20 nitrogen and oxygen atoms in total. The third kappa shape index (κ3) is 15.6. The molecule has 0 radical (unpaired) electrons. The van der Waals surface area contributed by atoms with E-state index < -0.39 is 18.3 Å². The molecule has 522 valence electrons. The van der Waals surface area contributed by atoms with Gasteiger partial charge in [0, 0.05) is 135 Å². The van der Waals surface area contributed by atoms with Crippen molar-refractivity contribution in [2.45, 2.75) is 183 Å². The summed E-state index contributed by atoms with van der Waals surface area (Å²) in [4.78, 5) is 81.5. The van der Waals surface area contributed by atoms with Gasteiger partial charge in [-0.3, -0.25) is 33.8 Å². The summed E-state index contributed by atoms with van der Waals surface area (Å²) in [5, 5.41) is 6.41. The van der Waals surface area contributed by atoms with Crippen LogP contribution in [0.5, 0.6) is 0 Å². The predicted molar refractivity (Wildman–Crippen MR) is 397 cm³/mol. The number of ether oxygens (including phenoxy) is 1. The highest BCUT2D eigenvalue weighted by Gasteiger charge is 2.52. The fraction of sp³-hybridized carbons (Fsp3) is 0.442. The first-order chi connectivity index (χ1) is 47.2. The Morgan fingerprint density at radius 1 is 0.636 bits per heavy atom. The number of carbonyl (C=O) groups is 3. The van der Waals surface area contributed by atoms with Crippen molar-refractivity contribution >= 4 is 80.7 Å². The van der Waals surface area contributed by atoms with E-state index >= 15 is 0 Å². The van der Waals surface area contributed by atoms with Crippen LogP contribution in [0.15, 0.2) is 124 Å². The van der Waals surface area contributed by atoms with Crippen LogP contribution < -0.4 is 37.0 Å². The van der Waals surface area contributed by atoms with Crippen LogP contribution in [0.4, 0.5) is 34.4 Å². The van der Waals surface area contributed by atoms with Gasteiger partial charge in [-0.1, -0.05) is 53.2 Å². The summed E-state index contributed by atoms with van der Waals surface area (Å²) in [7, 11) is 7.14. The maximum atomic E-state index is 13.9. The molecule has 2 aliphatic carbocycles. The van der Waals surface area contributed by atoms with Gasteiger partial charge in [0.25, 0.3) is 22.9 Å². The first-order valence-corrected chi connectivity index (χ1v) is 35.7. The number of pyridine rings is 4. The molecule has 99 heavy (non-hydrogen) atoms. The van der Waals surface area contributed by atoms with Gasteiger partial charge < -0.3 is 52.7 Å². The molecule has 2 amide bonds. The van der Waals surface area contributed by atoms with E-state index in [4.69, 9.17) is 14.0 Å². The number of rotatable bonds is 17. The van der Waals surface area contributed by atoms with Gasteiger partial charge in [-0.05, 0) is 215 Å². The number of fused-ring (bicyclic) bond motifs is 6. The van der Waals surface area contributed by atoms with Crippen molar-refractivity contribution in [2.24, 2.45) is 14.1 Å². The highest BCUT2D eigenvalue weighted by atomic mass is 79.9. The first kappa shape index (κ1) is 71.9. The lowest BCUT2D eigenvalue weighted by Crippen LogP contribution is -2.41. The average Bonchev–Trinajstić information content (AvgIpc) is 1.70. The number of aromatic nitrogens is 6. The SMILES string of the molecule is CC(=O)OCc1c(Br)cccc1N1CCn2c(cc3c2CCCC3)C1=O.CC(C)N(C)Cc1ccc(Nc2cc(B3OC(C)(C)C(C)(C)O3)cn(C)c2=O)nc1.CCc1c(-c2cc(Nc3ccc(CN(C)C(C)C)cn3)c(=O)n(C)c2)cccc1N1CCn2c(cc3c2CCCC3)C1=O. The van der Waals surface area contributed by atoms with Gasteiger partial charge in [-0.2, -0.15) is 0 Å². The van der Waals surface area contributed by atoms with E-state index in [0.717, 1.165) is 124 Å². The van der Waals surface area contributed by atoms with E-state index in [1.165, 1.54) is 59.7 Å². The standard InChI is InChI=1S/C35H42N6O2.C22H33BN4O3.C20H21BrN2O3/c1-6-27-28(11-9-13-31(27)41-17-16-40-30-12-8-7-10-25(30)19-32(40)35(41)43)26-18-29(34(42)39(5)22-26)37-33-15-14-24(20-36-33)21-38(4)23(2)3;1-15(2)26(7)13-16-9-10-19(24-12-16)25-18-11-17(14-27(8)20(18)28)23-29-21(3,4)22(5,6)30-23;1-13(24)26-12-15-16(21)6-4-8-18(15)23-10-9-22-17-7-3-2-5-14(17)11-19(22)20(23)25/h9,11,13-15,18-20,22-23H,6-8,10,12,16-17,21H2,1-5H3,(H,36,37);9-12,14-15H,13H2,1-8H3,(H,24,25);4,6,8,11H,2-3,5,7,9-10,12H2,1H3. The lowest BCUT2D eigenvalue weighted by Gasteiger charge is -2.32. The molecule has 0 spiro atoms. The van der Waals surface area contributed by atoms with Gasteiger partial charge in [0.05, 0.1) is 16.9 Å². The fourth-order valence-electron chi connectivity index (χ4n) is 13.6. The zero-order valence-corrected chi connectivity index (χ0v) is 61.6. The number of anilines is 6. The topological polar surface area (TPSA) is 196 Å². The van der Waals surface area contributed by atoms with E-state index in [0.29, 0.717) is 48.2 Å². The van der Waals surface area contributed by atoms with Crippen LogP contribution in [0.3, 0.4) is 0 Å². The summed E-state index contributed by atoms with van der Waals surface area (Å²) in [6.07, 6.45) is 17.1. The summed E-state index contributed by atoms with van der Waals surface area (Å²) in [5.41, 5.74) is 15.3.